The van der Waals surface area contributed by atoms with Gasteiger partial charge in [0.2, 0.25) is 0 Å². The van der Waals surface area contributed by atoms with Crippen LogP contribution in [0.1, 0.15) is 9.68 Å². The number of carbonyl (C=O) groups excluding carboxylic acids is 1. The minimum atomic E-state index is -5.17. The molecule has 0 radical (unpaired) electrons. The number of carbonyl (C=O) groups is 1. The van der Waals surface area contributed by atoms with Crippen LogP contribution in [0.3, 0.4) is 0 Å². The first-order valence-corrected chi connectivity index (χ1v) is 5.67. The molecule has 0 amide bonds. The Hall–Kier alpha value is -0.0600. The SMILES string of the molecule is [2H]C([2H])([2H])Oc1ccc(C=CC(=O)[O-])cc1OS(=O)(=O)[O-].[Na+].[Na+]. The van der Waals surface area contributed by atoms with Gasteiger partial charge in [-0.25, -0.2) is 8.42 Å². The minimum Gasteiger partial charge on any atom is -0.716 e. The van der Waals surface area contributed by atoms with Gasteiger partial charge in [-0.2, -0.15) is 0 Å². The third-order valence-electron chi connectivity index (χ3n) is 1.68. The van der Waals surface area contributed by atoms with E-state index < -0.39 is 34.9 Å². The molecule has 10 heteroatoms. The molecule has 20 heavy (non-hydrogen) atoms. The molecule has 0 aromatic heterocycles. The molecule has 0 bridgehead atoms. The summed E-state index contributed by atoms with van der Waals surface area (Å²) in [4.78, 5) is 10.3. The van der Waals surface area contributed by atoms with Crippen molar-refractivity contribution < 1.29 is 95.0 Å². The maximum Gasteiger partial charge on any atom is 1.00 e. The summed E-state index contributed by atoms with van der Waals surface area (Å²) in [6, 6.07) is 3.17. The molecule has 0 aliphatic rings. The van der Waals surface area contributed by atoms with Crippen molar-refractivity contribution in [1.29, 1.82) is 0 Å². The van der Waals surface area contributed by atoms with E-state index in [-0.39, 0.29) is 64.7 Å². The molecule has 0 atom stereocenters. The van der Waals surface area contributed by atoms with E-state index in [9.17, 15) is 22.9 Å². The van der Waals surface area contributed by atoms with Crippen LogP contribution in [0.25, 0.3) is 6.08 Å². The van der Waals surface area contributed by atoms with Crippen LogP contribution >= 0.6 is 0 Å². The van der Waals surface area contributed by atoms with Crippen LogP contribution in [-0.4, -0.2) is 26.0 Å². The molecule has 98 valence electrons. The first kappa shape index (κ1) is 16.3. The van der Waals surface area contributed by atoms with Crippen LogP contribution in [0.15, 0.2) is 24.3 Å². The van der Waals surface area contributed by atoms with Gasteiger partial charge in [-0.3, -0.25) is 0 Å². The minimum absolute atomic E-state index is 0. The zero-order valence-corrected chi connectivity index (χ0v) is 15.5. The molecule has 0 aliphatic carbocycles. The largest absolute Gasteiger partial charge is 1.00 e. The van der Waals surface area contributed by atoms with Gasteiger partial charge in [-0.1, -0.05) is 12.1 Å². The second-order valence-electron chi connectivity index (χ2n) is 2.95. The number of ether oxygens (including phenoxy) is 1. The van der Waals surface area contributed by atoms with Crippen molar-refractivity contribution in [2.24, 2.45) is 0 Å². The van der Waals surface area contributed by atoms with Crippen molar-refractivity contribution in [2.45, 2.75) is 0 Å². The number of methoxy groups -OCH3 is 1. The average molecular weight is 321 g/mol. The van der Waals surface area contributed by atoms with Crippen molar-refractivity contribution in [3.8, 4) is 11.5 Å². The van der Waals surface area contributed by atoms with Gasteiger partial charge >= 0.3 is 59.1 Å². The van der Waals surface area contributed by atoms with Crippen LogP contribution in [-0.2, 0) is 15.2 Å². The first-order valence-electron chi connectivity index (χ1n) is 5.84. The molecule has 0 heterocycles. The van der Waals surface area contributed by atoms with Crippen LogP contribution in [0.2, 0.25) is 0 Å². The van der Waals surface area contributed by atoms with Gasteiger partial charge in [0.05, 0.1) is 17.1 Å². The number of rotatable bonds is 5. The Morgan fingerprint density at radius 1 is 1.35 bits per heavy atom. The number of carboxylic acid groups (broad SMARTS) is 1. The van der Waals surface area contributed by atoms with E-state index in [1.165, 1.54) is 6.07 Å². The second-order valence-corrected chi connectivity index (χ2v) is 3.94. The van der Waals surface area contributed by atoms with Gasteiger partial charge in [0, 0.05) is 0 Å². The Kier molecular flexibility index (Phi) is 7.99. The third-order valence-corrected chi connectivity index (χ3v) is 2.07. The molecule has 0 aliphatic heterocycles. The van der Waals surface area contributed by atoms with Crippen molar-refractivity contribution in [3.63, 3.8) is 0 Å². The van der Waals surface area contributed by atoms with Gasteiger partial charge in [-0.05, 0) is 23.8 Å². The molecule has 1 aromatic rings. The van der Waals surface area contributed by atoms with Crippen molar-refractivity contribution in [1.82, 2.24) is 0 Å². The van der Waals surface area contributed by atoms with Crippen LogP contribution in [0.5, 0.6) is 11.5 Å². The third kappa shape index (κ3) is 8.28. The summed E-state index contributed by atoms with van der Waals surface area (Å²) < 4.78 is 61.1. The van der Waals surface area contributed by atoms with Gasteiger partial charge < -0.3 is 23.4 Å². The van der Waals surface area contributed by atoms with Crippen LogP contribution in [0.4, 0.5) is 0 Å². The first-order chi connectivity index (χ1) is 9.46. The summed E-state index contributed by atoms with van der Waals surface area (Å²) in [7, 11) is -8.07. The molecule has 1 aromatic carbocycles. The normalized spacial score (nSPS) is 13.2. The Morgan fingerprint density at radius 2 is 2.00 bits per heavy atom. The Bertz CT molecular complexity index is 674. The van der Waals surface area contributed by atoms with Crippen LogP contribution < -0.4 is 73.1 Å². The summed E-state index contributed by atoms with van der Waals surface area (Å²) >= 11 is 0. The standard InChI is InChI=1S/C10H10O7S.2Na/c1-16-8-4-2-7(3-5-10(11)12)6-9(8)17-18(13,14)15;;/h2-6H,1H3,(H,11,12)(H,13,14,15);;/q;2*+1/p-2/i1D3;;. The Balaban J connectivity index is 0. The van der Waals surface area contributed by atoms with Gasteiger partial charge in [-0.15, -0.1) is 0 Å². The summed E-state index contributed by atoms with van der Waals surface area (Å²) in [5.74, 6) is -2.70. The number of hydrogen-bond donors (Lipinski definition) is 0. The van der Waals surface area contributed by atoms with Gasteiger partial charge in [0.25, 0.3) is 10.4 Å². The molecule has 0 saturated carbocycles. The number of benzene rings is 1. The zero-order chi connectivity index (χ0) is 16.3. The summed E-state index contributed by atoms with van der Waals surface area (Å²) in [6.07, 6.45) is 1.67. The molecular weight excluding hydrogens is 310 g/mol. The summed E-state index contributed by atoms with van der Waals surface area (Å²) in [6.45, 7) is 0. The Labute approximate surface area is 164 Å². The monoisotopic (exact) mass is 321 g/mol. The zero-order valence-electron chi connectivity index (χ0n) is 13.7. The van der Waals surface area contributed by atoms with E-state index in [0.717, 1.165) is 18.2 Å². The molecule has 0 fully saturated rings. The smallest absolute Gasteiger partial charge is 0.716 e. The van der Waals surface area contributed by atoms with E-state index in [1.54, 1.807) is 0 Å². The van der Waals surface area contributed by atoms with E-state index in [0.29, 0.717) is 6.08 Å². The van der Waals surface area contributed by atoms with Crippen molar-refractivity contribution in [3.05, 3.63) is 29.8 Å². The number of hydrogen-bond acceptors (Lipinski definition) is 7. The topological polar surface area (TPSA) is 116 Å². The van der Waals surface area contributed by atoms with Gasteiger partial charge in [0.1, 0.15) is 0 Å². The predicted molar refractivity (Wildman–Crippen MR) is 57.4 cm³/mol. The summed E-state index contributed by atoms with van der Waals surface area (Å²) in [5.41, 5.74) is 0.121. The van der Waals surface area contributed by atoms with E-state index in [1.807, 2.05) is 0 Å². The number of aliphatic carboxylic acids is 1. The molecule has 0 N–H and O–H groups in total. The quantitative estimate of drug-likeness (QED) is 0.229. The molecule has 0 saturated heterocycles. The van der Waals surface area contributed by atoms with E-state index >= 15 is 0 Å². The maximum absolute atomic E-state index is 10.6. The fraction of sp³-hybridized carbons (Fsp3) is 0.100. The number of carboxylic acids is 1. The molecule has 1 rings (SSSR count). The van der Waals surface area contributed by atoms with Crippen molar-refractivity contribution in [2.75, 3.05) is 7.04 Å². The van der Waals surface area contributed by atoms with E-state index in [4.69, 9.17) is 4.11 Å². The average Bonchev–Trinajstić information content (AvgIpc) is 2.25. The fourth-order valence-corrected chi connectivity index (χ4v) is 1.40. The van der Waals surface area contributed by atoms with Gasteiger partial charge in [0.15, 0.2) is 11.5 Å². The molecule has 7 nitrogen and oxygen atoms in total. The second kappa shape index (κ2) is 9.80. The molecule has 0 unspecified atom stereocenters. The Morgan fingerprint density at radius 3 is 2.50 bits per heavy atom. The summed E-state index contributed by atoms with van der Waals surface area (Å²) in [5, 5.41) is 10.3. The van der Waals surface area contributed by atoms with E-state index in [2.05, 4.69) is 8.92 Å². The van der Waals surface area contributed by atoms with Crippen molar-refractivity contribution >= 4 is 22.4 Å². The predicted octanol–water partition coefficient (Wildman–Crippen LogP) is -6.69. The molecule has 0 spiro atoms. The maximum atomic E-state index is 10.6. The van der Waals surface area contributed by atoms with Crippen LogP contribution in [0, 0.1) is 0 Å². The fourth-order valence-electron chi connectivity index (χ4n) is 1.05. The molecular formula is C10H8Na2O7S.